The highest BCUT2D eigenvalue weighted by atomic mass is 35.5. The number of benzene rings is 1. The largest absolute Gasteiger partial charge is 0.469 e. The average Bonchev–Trinajstić information content (AvgIpc) is 3.00. The first kappa shape index (κ1) is 15.4. The topological polar surface area (TPSA) is 49.6 Å². The number of nitrogens with zero attached hydrogens (tertiary/aromatic N) is 1. The first-order chi connectivity index (χ1) is 10.2. The Kier molecular flexibility index (Phi) is 5.69. The predicted octanol–water partition coefficient (Wildman–Crippen LogP) is 3.40. The fraction of sp³-hybridized carbons (Fsp3) is 0.312. The maximum absolute atomic E-state index is 5.90. The molecule has 5 heteroatoms. The second kappa shape index (κ2) is 7.74. The van der Waals surface area contributed by atoms with Crippen LogP contribution in [0.15, 0.2) is 52.1 Å². The third-order valence-corrected chi connectivity index (χ3v) is 3.44. The molecule has 0 saturated carbocycles. The van der Waals surface area contributed by atoms with Crippen LogP contribution in [-0.2, 0) is 6.42 Å². The van der Waals surface area contributed by atoms with Crippen molar-refractivity contribution in [1.82, 2.24) is 10.6 Å². The molecule has 0 saturated heterocycles. The van der Waals surface area contributed by atoms with Gasteiger partial charge in [0.05, 0.1) is 12.3 Å². The van der Waals surface area contributed by atoms with Gasteiger partial charge in [-0.3, -0.25) is 4.99 Å². The van der Waals surface area contributed by atoms with Crippen LogP contribution in [0.2, 0.25) is 5.02 Å². The van der Waals surface area contributed by atoms with Crippen LogP contribution in [0.1, 0.15) is 24.3 Å². The van der Waals surface area contributed by atoms with Gasteiger partial charge in [-0.1, -0.05) is 23.7 Å². The number of halogens is 1. The van der Waals surface area contributed by atoms with Crippen molar-refractivity contribution in [3.05, 3.63) is 59.0 Å². The molecule has 1 atom stereocenters. The molecule has 2 aromatic rings. The fourth-order valence-corrected chi connectivity index (χ4v) is 2.12. The summed E-state index contributed by atoms with van der Waals surface area (Å²) in [5, 5.41) is 7.36. The van der Waals surface area contributed by atoms with Gasteiger partial charge in [0.1, 0.15) is 5.76 Å². The number of furan rings is 1. The number of hydrogen-bond acceptors (Lipinski definition) is 2. The van der Waals surface area contributed by atoms with Crippen molar-refractivity contribution >= 4 is 17.6 Å². The number of aliphatic imine (C=N–C) groups is 1. The molecule has 1 unspecified atom stereocenters. The van der Waals surface area contributed by atoms with Crippen LogP contribution >= 0.6 is 11.6 Å². The Balaban J connectivity index is 1.82. The summed E-state index contributed by atoms with van der Waals surface area (Å²) in [7, 11) is 1.76. The second-order valence-corrected chi connectivity index (χ2v) is 5.18. The summed E-state index contributed by atoms with van der Waals surface area (Å²) in [6, 6.07) is 11.8. The molecular weight excluding hydrogens is 286 g/mol. The lowest BCUT2D eigenvalue weighted by Crippen LogP contribution is -2.39. The van der Waals surface area contributed by atoms with E-state index in [1.54, 1.807) is 13.3 Å². The van der Waals surface area contributed by atoms with Crippen molar-refractivity contribution in [2.45, 2.75) is 19.4 Å². The van der Waals surface area contributed by atoms with Crippen molar-refractivity contribution in [3.8, 4) is 0 Å². The monoisotopic (exact) mass is 305 g/mol. The Labute approximate surface area is 130 Å². The zero-order valence-electron chi connectivity index (χ0n) is 12.3. The molecule has 0 radical (unpaired) electrons. The Morgan fingerprint density at radius 3 is 2.67 bits per heavy atom. The average molecular weight is 306 g/mol. The number of nitrogens with one attached hydrogen (secondary N) is 2. The highest BCUT2D eigenvalue weighted by Crippen LogP contribution is 2.15. The molecule has 0 aliphatic heterocycles. The minimum absolute atomic E-state index is 0.150. The van der Waals surface area contributed by atoms with Crippen molar-refractivity contribution in [2.24, 2.45) is 4.99 Å². The maximum Gasteiger partial charge on any atom is 0.191 e. The van der Waals surface area contributed by atoms with Gasteiger partial charge in [-0.2, -0.15) is 0 Å². The lowest BCUT2D eigenvalue weighted by molar-refractivity contribution is 0.506. The minimum atomic E-state index is 0.150. The molecule has 1 aromatic heterocycles. The van der Waals surface area contributed by atoms with Crippen LogP contribution in [0, 0.1) is 0 Å². The summed E-state index contributed by atoms with van der Waals surface area (Å²) in [5.74, 6) is 1.73. The molecule has 112 valence electrons. The molecule has 4 nitrogen and oxygen atoms in total. The lowest BCUT2D eigenvalue weighted by Gasteiger charge is -2.18. The molecule has 0 aliphatic carbocycles. The van der Waals surface area contributed by atoms with Crippen molar-refractivity contribution in [1.29, 1.82) is 0 Å². The van der Waals surface area contributed by atoms with Crippen LogP contribution in [0.25, 0.3) is 0 Å². The summed E-state index contributed by atoms with van der Waals surface area (Å²) >= 11 is 5.90. The Bertz CT molecular complexity index is 564. The molecule has 2 rings (SSSR count). The molecule has 0 bridgehead atoms. The molecule has 0 amide bonds. The van der Waals surface area contributed by atoms with Gasteiger partial charge in [0.2, 0.25) is 0 Å². The fourth-order valence-electron chi connectivity index (χ4n) is 1.99. The summed E-state index contributed by atoms with van der Waals surface area (Å²) in [6.07, 6.45) is 2.51. The Hall–Kier alpha value is -1.94. The normalized spacial score (nSPS) is 13.0. The highest BCUT2D eigenvalue weighted by Gasteiger charge is 2.07. The van der Waals surface area contributed by atoms with Gasteiger partial charge in [0, 0.05) is 25.0 Å². The van der Waals surface area contributed by atoms with E-state index in [0.717, 1.165) is 35.3 Å². The quantitative estimate of drug-likeness (QED) is 0.657. The minimum Gasteiger partial charge on any atom is -0.469 e. The van der Waals surface area contributed by atoms with E-state index in [2.05, 4.69) is 22.5 Å². The van der Waals surface area contributed by atoms with Crippen LogP contribution in [0.3, 0.4) is 0 Å². The van der Waals surface area contributed by atoms with E-state index in [-0.39, 0.29) is 6.04 Å². The lowest BCUT2D eigenvalue weighted by atomic mass is 10.1. The zero-order chi connectivity index (χ0) is 15.1. The van der Waals surface area contributed by atoms with Crippen LogP contribution < -0.4 is 10.6 Å². The van der Waals surface area contributed by atoms with Gasteiger partial charge in [0.15, 0.2) is 5.96 Å². The third kappa shape index (κ3) is 4.83. The first-order valence-corrected chi connectivity index (χ1v) is 7.32. The summed E-state index contributed by atoms with van der Waals surface area (Å²) < 4.78 is 5.30. The van der Waals surface area contributed by atoms with Gasteiger partial charge in [0.25, 0.3) is 0 Å². The Morgan fingerprint density at radius 2 is 2.05 bits per heavy atom. The summed E-state index contributed by atoms with van der Waals surface area (Å²) in [4.78, 5) is 4.23. The number of guanidine groups is 1. The SMILES string of the molecule is CN=C(NCCc1ccco1)NC(C)c1ccc(Cl)cc1. The van der Waals surface area contributed by atoms with Gasteiger partial charge in [-0.25, -0.2) is 0 Å². The van der Waals surface area contributed by atoms with Crippen LogP contribution in [-0.4, -0.2) is 19.6 Å². The van der Waals surface area contributed by atoms with Gasteiger partial charge < -0.3 is 15.1 Å². The molecular formula is C16H20ClN3O. The summed E-state index contributed by atoms with van der Waals surface area (Å²) in [5.41, 5.74) is 1.16. The van der Waals surface area contributed by atoms with E-state index < -0.39 is 0 Å². The maximum atomic E-state index is 5.90. The molecule has 0 spiro atoms. The second-order valence-electron chi connectivity index (χ2n) is 4.75. The van der Waals surface area contributed by atoms with E-state index in [4.69, 9.17) is 16.0 Å². The summed E-state index contributed by atoms with van der Waals surface area (Å²) in [6.45, 7) is 2.85. The first-order valence-electron chi connectivity index (χ1n) is 6.94. The van der Waals surface area contributed by atoms with E-state index in [0.29, 0.717) is 0 Å². The smallest absolute Gasteiger partial charge is 0.191 e. The van der Waals surface area contributed by atoms with Crippen molar-refractivity contribution in [2.75, 3.05) is 13.6 Å². The number of rotatable bonds is 5. The van der Waals surface area contributed by atoms with Crippen LogP contribution in [0.5, 0.6) is 0 Å². The van der Waals surface area contributed by atoms with Gasteiger partial charge >= 0.3 is 0 Å². The van der Waals surface area contributed by atoms with Gasteiger partial charge in [-0.05, 0) is 36.8 Å². The molecule has 2 N–H and O–H groups in total. The molecule has 0 fully saturated rings. The standard InChI is InChI=1S/C16H20ClN3O/c1-12(13-5-7-14(17)8-6-13)20-16(18-2)19-10-9-15-4-3-11-21-15/h3-8,11-12H,9-10H2,1-2H3,(H2,18,19,20). The molecule has 21 heavy (non-hydrogen) atoms. The third-order valence-electron chi connectivity index (χ3n) is 3.19. The van der Waals surface area contributed by atoms with Gasteiger partial charge in [-0.15, -0.1) is 0 Å². The number of hydrogen-bond donors (Lipinski definition) is 2. The van der Waals surface area contributed by atoms with Crippen molar-refractivity contribution < 1.29 is 4.42 Å². The predicted molar refractivity (Wildman–Crippen MR) is 86.8 cm³/mol. The van der Waals surface area contributed by atoms with E-state index in [9.17, 15) is 0 Å². The highest BCUT2D eigenvalue weighted by molar-refractivity contribution is 6.30. The van der Waals surface area contributed by atoms with Crippen LogP contribution in [0.4, 0.5) is 0 Å². The molecule has 1 aromatic carbocycles. The zero-order valence-corrected chi connectivity index (χ0v) is 13.0. The molecule has 0 aliphatic rings. The van der Waals surface area contributed by atoms with E-state index >= 15 is 0 Å². The van der Waals surface area contributed by atoms with Crippen molar-refractivity contribution in [3.63, 3.8) is 0 Å². The van der Waals surface area contributed by atoms with E-state index in [1.807, 2.05) is 36.4 Å². The molecule has 1 heterocycles. The Morgan fingerprint density at radius 1 is 1.29 bits per heavy atom. The van der Waals surface area contributed by atoms with E-state index in [1.165, 1.54) is 0 Å².